The molecule has 0 spiro atoms. The van der Waals surface area contributed by atoms with Crippen LogP contribution in [0.25, 0.3) is 0 Å². The van der Waals surface area contributed by atoms with Gasteiger partial charge >= 0.3 is 0 Å². The number of nitrogens with zero attached hydrogens (tertiary/aromatic N) is 2. The number of benzene rings is 1. The van der Waals surface area contributed by atoms with E-state index in [-0.39, 0.29) is 4.90 Å². The highest BCUT2D eigenvalue weighted by Crippen LogP contribution is 2.60. The molecule has 1 aliphatic heterocycles. The van der Waals surface area contributed by atoms with Gasteiger partial charge < -0.3 is 5.32 Å². The van der Waals surface area contributed by atoms with Crippen LogP contribution in [-0.4, -0.2) is 39.3 Å². The van der Waals surface area contributed by atoms with Crippen LogP contribution in [0.3, 0.4) is 0 Å². The van der Waals surface area contributed by atoms with E-state index in [1.807, 2.05) is 6.07 Å². The summed E-state index contributed by atoms with van der Waals surface area (Å²) >= 11 is 0. The summed E-state index contributed by atoms with van der Waals surface area (Å²) in [5.41, 5.74) is 1.09. The van der Waals surface area contributed by atoms with Crippen LogP contribution in [0.1, 0.15) is 38.5 Å². The Labute approximate surface area is 155 Å². The summed E-state index contributed by atoms with van der Waals surface area (Å²) in [4.78, 5) is 2.55. The van der Waals surface area contributed by atoms with Gasteiger partial charge in [0.25, 0.3) is 10.0 Å². The molecular formula is C20H27N3O2S. The third kappa shape index (κ3) is 2.87. The fraction of sp³-hybridized carbons (Fsp3) is 0.650. The monoisotopic (exact) mass is 373 g/mol. The minimum atomic E-state index is -3.59. The maximum Gasteiger partial charge on any atom is 0.286 e. The Morgan fingerprint density at radius 1 is 1.12 bits per heavy atom. The smallest absolute Gasteiger partial charge is 0.286 e. The SMILES string of the molecule is CN(CC1=NS(=O)(=O)c2ccccc2N1)CC12CC3CC(CC(C3)C1)C2. The van der Waals surface area contributed by atoms with E-state index in [0.717, 1.165) is 24.3 Å². The molecule has 1 heterocycles. The van der Waals surface area contributed by atoms with Crippen LogP contribution in [0.15, 0.2) is 33.6 Å². The molecule has 4 saturated carbocycles. The third-order valence-electron chi connectivity index (χ3n) is 6.86. The average molecular weight is 374 g/mol. The van der Waals surface area contributed by atoms with Crippen molar-refractivity contribution < 1.29 is 8.42 Å². The predicted molar refractivity (Wildman–Crippen MR) is 103 cm³/mol. The number of rotatable bonds is 4. The van der Waals surface area contributed by atoms with Crippen molar-refractivity contribution in [2.45, 2.75) is 43.4 Å². The minimum Gasteiger partial charge on any atom is -0.341 e. The Hall–Kier alpha value is -1.40. The second kappa shape index (κ2) is 5.80. The number of amidine groups is 1. The van der Waals surface area contributed by atoms with Gasteiger partial charge in [0.05, 0.1) is 12.2 Å². The van der Waals surface area contributed by atoms with Gasteiger partial charge in [-0.05, 0) is 80.9 Å². The second-order valence-corrected chi connectivity index (χ2v) is 10.8. The fourth-order valence-electron chi connectivity index (χ4n) is 6.60. The molecule has 0 atom stereocenters. The van der Waals surface area contributed by atoms with Crippen LogP contribution in [0, 0.1) is 23.2 Å². The summed E-state index contributed by atoms with van der Waals surface area (Å²) < 4.78 is 28.9. The predicted octanol–water partition coefficient (Wildman–Crippen LogP) is 3.35. The molecule has 0 amide bonds. The van der Waals surface area contributed by atoms with Gasteiger partial charge in [-0.2, -0.15) is 8.42 Å². The maximum absolute atomic E-state index is 12.4. The number of para-hydroxylation sites is 1. The molecule has 140 valence electrons. The van der Waals surface area contributed by atoms with Gasteiger partial charge in [0.2, 0.25) is 0 Å². The van der Waals surface area contributed by atoms with E-state index >= 15 is 0 Å². The van der Waals surface area contributed by atoms with Gasteiger partial charge in [0.15, 0.2) is 0 Å². The van der Waals surface area contributed by atoms with Crippen LogP contribution in [0.5, 0.6) is 0 Å². The Balaban J connectivity index is 1.31. The van der Waals surface area contributed by atoms with Gasteiger partial charge in [-0.15, -0.1) is 4.40 Å². The molecule has 4 aliphatic carbocycles. The van der Waals surface area contributed by atoms with Crippen molar-refractivity contribution in [3.63, 3.8) is 0 Å². The van der Waals surface area contributed by atoms with Crippen LogP contribution < -0.4 is 5.32 Å². The van der Waals surface area contributed by atoms with Crippen molar-refractivity contribution in [1.82, 2.24) is 4.90 Å². The molecule has 0 unspecified atom stereocenters. The zero-order valence-corrected chi connectivity index (χ0v) is 16.1. The number of fused-ring (bicyclic) bond motifs is 1. The first-order chi connectivity index (χ1) is 12.4. The normalized spacial score (nSPS) is 36.5. The summed E-state index contributed by atoms with van der Waals surface area (Å²) in [6, 6.07) is 7.00. The first-order valence-corrected chi connectivity index (χ1v) is 11.2. The van der Waals surface area contributed by atoms with Gasteiger partial charge in [-0.3, -0.25) is 4.90 Å². The molecule has 5 nitrogen and oxygen atoms in total. The molecule has 0 radical (unpaired) electrons. The molecule has 1 aromatic carbocycles. The fourth-order valence-corrected chi connectivity index (χ4v) is 7.74. The summed E-state index contributed by atoms with van der Waals surface area (Å²) in [5.74, 6) is 3.35. The number of nitrogens with one attached hydrogen (secondary N) is 1. The van der Waals surface area contributed by atoms with Crippen molar-refractivity contribution in [2.75, 3.05) is 25.5 Å². The van der Waals surface area contributed by atoms with Crippen molar-refractivity contribution in [3.05, 3.63) is 24.3 Å². The number of likely N-dealkylation sites (N-methyl/N-ethyl adjacent to an activating group) is 1. The molecule has 0 saturated heterocycles. The van der Waals surface area contributed by atoms with Gasteiger partial charge in [0, 0.05) is 6.54 Å². The lowest BCUT2D eigenvalue weighted by molar-refractivity contribution is -0.0645. The molecule has 6 rings (SSSR count). The molecule has 1 aromatic rings. The van der Waals surface area contributed by atoms with Gasteiger partial charge in [-0.25, -0.2) is 0 Å². The van der Waals surface area contributed by atoms with Crippen LogP contribution in [0.4, 0.5) is 5.69 Å². The number of hydrogen-bond acceptors (Lipinski definition) is 4. The van der Waals surface area contributed by atoms with Crippen molar-refractivity contribution in [2.24, 2.45) is 27.6 Å². The first-order valence-electron chi connectivity index (χ1n) is 9.79. The van der Waals surface area contributed by atoms with E-state index in [2.05, 4.69) is 21.7 Å². The molecule has 4 fully saturated rings. The molecule has 26 heavy (non-hydrogen) atoms. The Bertz CT molecular complexity index is 826. The zero-order chi connectivity index (χ0) is 17.9. The van der Waals surface area contributed by atoms with E-state index in [1.165, 1.54) is 38.5 Å². The van der Waals surface area contributed by atoms with Crippen LogP contribution in [-0.2, 0) is 10.0 Å². The number of hydrogen-bond donors (Lipinski definition) is 1. The highest BCUT2D eigenvalue weighted by molar-refractivity contribution is 7.90. The Morgan fingerprint density at radius 2 is 1.73 bits per heavy atom. The quantitative estimate of drug-likeness (QED) is 0.879. The second-order valence-electron chi connectivity index (χ2n) is 9.22. The van der Waals surface area contributed by atoms with Crippen molar-refractivity contribution >= 4 is 21.5 Å². The van der Waals surface area contributed by atoms with E-state index < -0.39 is 10.0 Å². The van der Waals surface area contributed by atoms with E-state index in [0.29, 0.717) is 23.5 Å². The molecule has 1 N–H and O–H groups in total. The topological polar surface area (TPSA) is 61.8 Å². The Kier molecular flexibility index (Phi) is 3.73. The molecule has 4 bridgehead atoms. The average Bonchev–Trinajstić information content (AvgIpc) is 2.52. The number of anilines is 1. The largest absolute Gasteiger partial charge is 0.341 e. The molecular weight excluding hydrogens is 346 g/mol. The van der Waals surface area contributed by atoms with Crippen molar-refractivity contribution in [1.29, 1.82) is 0 Å². The summed E-state index contributed by atoms with van der Waals surface area (Å²) in [5, 5.41) is 3.22. The highest BCUT2D eigenvalue weighted by atomic mass is 32.2. The van der Waals surface area contributed by atoms with E-state index in [9.17, 15) is 8.42 Å². The Morgan fingerprint density at radius 3 is 2.38 bits per heavy atom. The van der Waals surface area contributed by atoms with Crippen LogP contribution >= 0.6 is 0 Å². The van der Waals surface area contributed by atoms with E-state index in [4.69, 9.17) is 0 Å². The zero-order valence-electron chi connectivity index (χ0n) is 15.3. The standard InChI is InChI=1S/C20H27N3O2S/c1-23(13-20-9-14-6-15(10-20)8-16(7-14)11-20)12-19-21-17-4-2-3-5-18(17)26(24,25)22-19/h2-5,14-16H,6-13H2,1H3,(H,21,22). The lowest BCUT2D eigenvalue weighted by atomic mass is 9.49. The third-order valence-corrected chi connectivity index (χ3v) is 8.24. The van der Waals surface area contributed by atoms with Crippen LogP contribution in [0.2, 0.25) is 0 Å². The van der Waals surface area contributed by atoms with E-state index in [1.54, 1.807) is 18.2 Å². The lowest BCUT2D eigenvalue weighted by Gasteiger charge is -2.57. The van der Waals surface area contributed by atoms with Gasteiger partial charge in [0.1, 0.15) is 10.7 Å². The summed E-state index contributed by atoms with van der Waals surface area (Å²) in [6.45, 7) is 1.61. The maximum atomic E-state index is 12.4. The molecule has 6 heteroatoms. The number of sulfonamides is 1. The summed E-state index contributed by atoms with van der Waals surface area (Å²) in [6.07, 6.45) is 8.45. The lowest BCUT2D eigenvalue weighted by Crippen LogP contribution is -2.51. The van der Waals surface area contributed by atoms with Gasteiger partial charge in [-0.1, -0.05) is 12.1 Å². The summed E-state index contributed by atoms with van der Waals surface area (Å²) in [7, 11) is -1.48. The highest BCUT2D eigenvalue weighted by Gasteiger charge is 2.51. The first kappa shape index (κ1) is 16.8. The minimum absolute atomic E-state index is 0.271. The molecule has 5 aliphatic rings. The van der Waals surface area contributed by atoms with Crippen molar-refractivity contribution in [3.8, 4) is 0 Å². The molecule has 0 aromatic heterocycles.